The number of carboxylic acid groups (broad SMARTS) is 1. The molecule has 0 bridgehead atoms. The quantitative estimate of drug-likeness (QED) is 0.102. The summed E-state index contributed by atoms with van der Waals surface area (Å²) in [5, 5.41) is 10.8. The fourth-order valence-electron chi connectivity index (χ4n) is 3.23. The van der Waals surface area contributed by atoms with E-state index in [-0.39, 0.29) is 55.9 Å². The molecule has 1 saturated heterocycles. The number of amides is 3. The molecular formula is C24H41N3O10S. The number of carboxylic acids is 1. The molecule has 0 aromatic carbocycles. The Morgan fingerprint density at radius 2 is 1.55 bits per heavy atom. The molecule has 13 nitrogen and oxygen atoms in total. The van der Waals surface area contributed by atoms with E-state index in [0.29, 0.717) is 59.1 Å². The number of ketones is 1. The summed E-state index contributed by atoms with van der Waals surface area (Å²) in [6.07, 6.45) is 1.83. The third-order valence-corrected chi connectivity index (χ3v) is 6.62. The molecule has 2 unspecified atom stereocenters. The molecule has 2 atom stereocenters. The Labute approximate surface area is 227 Å². The van der Waals surface area contributed by atoms with Gasteiger partial charge in [0.2, 0.25) is 17.7 Å². The number of thioether (sulfide) groups is 1. The molecule has 14 heteroatoms. The van der Waals surface area contributed by atoms with Gasteiger partial charge in [0.05, 0.1) is 58.1 Å². The SMILES string of the molecule is CCCC(=O)CCOCCOCCOCCOCCNC(=O)CCN1C(=O)CC(SCC(N)C(=O)O)C1=O. The van der Waals surface area contributed by atoms with Gasteiger partial charge in [0.1, 0.15) is 11.8 Å². The van der Waals surface area contributed by atoms with Gasteiger partial charge in [-0.1, -0.05) is 6.92 Å². The summed E-state index contributed by atoms with van der Waals surface area (Å²) >= 11 is 1.04. The van der Waals surface area contributed by atoms with E-state index in [2.05, 4.69) is 5.32 Å². The molecule has 0 saturated carbocycles. The van der Waals surface area contributed by atoms with Crippen LogP contribution in [0, 0.1) is 0 Å². The van der Waals surface area contributed by atoms with Gasteiger partial charge in [0.25, 0.3) is 0 Å². The highest BCUT2D eigenvalue weighted by Gasteiger charge is 2.39. The maximum atomic E-state index is 12.4. The zero-order chi connectivity index (χ0) is 28.2. The molecule has 0 spiro atoms. The summed E-state index contributed by atoms with van der Waals surface area (Å²) in [4.78, 5) is 59.6. The van der Waals surface area contributed by atoms with Gasteiger partial charge >= 0.3 is 5.97 Å². The molecule has 1 aliphatic rings. The summed E-state index contributed by atoms with van der Waals surface area (Å²) < 4.78 is 21.5. The highest BCUT2D eigenvalue weighted by molar-refractivity contribution is 8.00. The number of carbonyl (C=O) groups is 5. The van der Waals surface area contributed by atoms with E-state index in [1.54, 1.807) is 0 Å². The van der Waals surface area contributed by atoms with Gasteiger partial charge in [-0.25, -0.2) is 0 Å². The summed E-state index contributed by atoms with van der Waals surface area (Å²) in [7, 11) is 0. The fraction of sp³-hybridized carbons (Fsp3) is 0.792. The molecule has 0 aromatic heterocycles. The van der Waals surface area contributed by atoms with Crippen LogP contribution in [0.1, 0.15) is 39.0 Å². The van der Waals surface area contributed by atoms with E-state index >= 15 is 0 Å². The van der Waals surface area contributed by atoms with Crippen molar-refractivity contribution in [2.24, 2.45) is 5.73 Å². The van der Waals surface area contributed by atoms with Crippen molar-refractivity contribution < 1.29 is 48.0 Å². The first-order chi connectivity index (χ1) is 18.3. The minimum absolute atomic E-state index is 0.0196. The number of hydrogen-bond donors (Lipinski definition) is 3. The Kier molecular flexibility index (Phi) is 18.6. The van der Waals surface area contributed by atoms with Gasteiger partial charge in [-0.2, -0.15) is 0 Å². The standard InChI is InChI=1S/C24H41N3O10S/c1-2-3-18(28)5-8-34-10-12-36-14-15-37-13-11-35-9-6-26-21(29)4-7-27-22(30)16-20(23(27)31)38-17-19(25)24(32)33/h19-20H,2-17,25H2,1H3,(H,26,29)(H,32,33). The number of nitrogens with zero attached hydrogens (tertiary/aromatic N) is 1. The highest BCUT2D eigenvalue weighted by Crippen LogP contribution is 2.25. The van der Waals surface area contributed by atoms with Crippen molar-refractivity contribution in [2.75, 3.05) is 71.7 Å². The number of likely N-dealkylation sites (tertiary alicyclic amines) is 1. The maximum absolute atomic E-state index is 12.4. The molecule has 0 aromatic rings. The van der Waals surface area contributed by atoms with Crippen molar-refractivity contribution in [1.82, 2.24) is 10.2 Å². The lowest BCUT2D eigenvalue weighted by atomic mass is 10.2. The number of Topliss-reactive ketones (excluding diaryl/α,β-unsaturated/α-hetero) is 1. The molecule has 0 radical (unpaired) electrons. The molecule has 38 heavy (non-hydrogen) atoms. The lowest BCUT2D eigenvalue weighted by Crippen LogP contribution is -2.37. The van der Waals surface area contributed by atoms with Crippen molar-refractivity contribution in [2.45, 2.75) is 50.3 Å². The smallest absolute Gasteiger partial charge is 0.321 e. The van der Waals surface area contributed by atoms with Crippen molar-refractivity contribution >= 4 is 41.2 Å². The Bertz CT molecular complexity index is 755. The van der Waals surface area contributed by atoms with Gasteiger partial charge < -0.3 is 35.1 Å². The number of hydrogen-bond acceptors (Lipinski definition) is 11. The number of carbonyl (C=O) groups excluding carboxylic acids is 4. The first kappa shape index (κ1) is 33.9. The van der Waals surface area contributed by atoms with Crippen molar-refractivity contribution in [1.29, 1.82) is 0 Å². The average Bonchev–Trinajstić information content (AvgIpc) is 3.15. The van der Waals surface area contributed by atoms with Crippen LogP contribution in [0.2, 0.25) is 0 Å². The van der Waals surface area contributed by atoms with E-state index < -0.39 is 23.2 Å². The van der Waals surface area contributed by atoms with Gasteiger partial charge in [0, 0.05) is 44.5 Å². The number of nitrogens with one attached hydrogen (secondary N) is 1. The zero-order valence-electron chi connectivity index (χ0n) is 22.0. The number of nitrogens with two attached hydrogens (primary N) is 1. The Hall–Kier alpha value is -2.10. The summed E-state index contributed by atoms with van der Waals surface area (Å²) in [5.74, 6) is -2.07. The van der Waals surface area contributed by atoms with Gasteiger partial charge in [0.15, 0.2) is 0 Å². The molecular weight excluding hydrogens is 522 g/mol. The molecule has 3 amide bonds. The van der Waals surface area contributed by atoms with Gasteiger partial charge in [-0.05, 0) is 6.42 Å². The third-order valence-electron chi connectivity index (χ3n) is 5.30. The predicted octanol–water partition coefficient (Wildman–Crippen LogP) is -0.409. The first-order valence-corrected chi connectivity index (χ1v) is 13.8. The van der Waals surface area contributed by atoms with Crippen LogP contribution in [0.4, 0.5) is 0 Å². The lowest BCUT2D eigenvalue weighted by Gasteiger charge is -2.15. The maximum Gasteiger partial charge on any atom is 0.321 e. The third kappa shape index (κ3) is 15.3. The number of ether oxygens (including phenoxy) is 4. The summed E-state index contributed by atoms with van der Waals surface area (Å²) in [6, 6.07) is -1.11. The molecule has 1 fully saturated rings. The van der Waals surface area contributed by atoms with E-state index in [0.717, 1.165) is 23.1 Å². The van der Waals surface area contributed by atoms with Crippen molar-refractivity contribution in [3.8, 4) is 0 Å². The number of rotatable bonds is 24. The first-order valence-electron chi connectivity index (χ1n) is 12.8. The van der Waals surface area contributed by atoms with E-state index in [1.165, 1.54) is 0 Å². The normalized spacial score (nSPS) is 16.2. The minimum atomic E-state index is -1.17. The van der Waals surface area contributed by atoms with Crippen LogP contribution >= 0.6 is 11.8 Å². The van der Waals surface area contributed by atoms with Crippen molar-refractivity contribution in [3.63, 3.8) is 0 Å². The Morgan fingerprint density at radius 1 is 0.974 bits per heavy atom. The number of imide groups is 1. The van der Waals surface area contributed by atoms with Crippen LogP contribution in [0.25, 0.3) is 0 Å². The molecule has 1 heterocycles. The zero-order valence-corrected chi connectivity index (χ0v) is 22.8. The summed E-state index contributed by atoms with van der Waals surface area (Å²) in [6.45, 7) is 5.35. The van der Waals surface area contributed by atoms with Crippen LogP contribution in [0.5, 0.6) is 0 Å². The summed E-state index contributed by atoms with van der Waals surface area (Å²) in [5.41, 5.74) is 5.43. The molecule has 1 rings (SSSR count). The van der Waals surface area contributed by atoms with Crippen LogP contribution in [0.3, 0.4) is 0 Å². The number of aliphatic carboxylic acids is 1. The molecule has 0 aliphatic carbocycles. The van der Waals surface area contributed by atoms with E-state index in [9.17, 15) is 24.0 Å². The second kappa shape index (κ2) is 20.8. The average molecular weight is 564 g/mol. The second-order valence-corrected chi connectivity index (χ2v) is 9.68. The molecule has 218 valence electrons. The van der Waals surface area contributed by atoms with E-state index in [4.69, 9.17) is 29.8 Å². The molecule has 1 aliphatic heterocycles. The monoisotopic (exact) mass is 563 g/mol. The van der Waals surface area contributed by atoms with Gasteiger partial charge in [-0.3, -0.25) is 28.9 Å². The topological polar surface area (TPSA) is 184 Å². The second-order valence-electron chi connectivity index (χ2n) is 8.44. The van der Waals surface area contributed by atoms with Gasteiger partial charge in [-0.15, -0.1) is 11.8 Å². The van der Waals surface area contributed by atoms with Crippen LogP contribution in [-0.2, 0) is 42.9 Å². The van der Waals surface area contributed by atoms with Crippen LogP contribution in [0.15, 0.2) is 0 Å². The van der Waals surface area contributed by atoms with E-state index in [1.807, 2.05) is 6.92 Å². The predicted molar refractivity (Wildman–Crippen MR) is 139 cm³/mol. The Morgan fingerprint density at radius 3 is 2.13 bits per heavy atom. The van der Waals surface area contributed by atoms with Crippen LogP contribution in [-0.4, -0.2) is 122 Å². The van der Waals surface area contributed by atoms with Crippen molar-refractivity contribution in [3.05, 3.63) is 0 Å². The lowest BCUT2D eigenvalue weighted by molar-refractivity contribution is -0.139. The Balaban J connectivity index is 1.95. The highest BCUT2D eigenvalue weighted by atomic mass is 32.2. The minimum Gasteiger partial charge on any atom is -0.480 e. The van der Waals surface area contributed by atoms with Crippen LogP contribution < -0.4 is 11.1 Å². The fourth-order valence-corrected chi connectivity index (χ4v) is 4.34. The molecule has 4 N–H and O–H groups in total. The largest absolute Gasteiger partial charge is 0.480 e.